The molecule has 0 aromatic heterocycles. The Bertz CT molecular complexity index is 197. The molecule has 1 aliphatic rings. The van der Waals surface area contributed by atoms with Gasteiger partial charge >= 0.3 is 0 Å². The molecule has 1 nitrogen and oxygen atoms in total. The van der Waals surface area contributed by atoms with Gasteiger partial charge in [-0.1, -0.05) is 33.1 Å². The average molecular weight is 242 g/mol. The van der Waals surface area contributed by atoms with E-state index in [4.69, 9.17) is 4.43 Å². The second-order valence-electron chi connectivity index (χ2n) is 6.35. The highest BCUT2D eigenvalue weighted by atomic mass is 28.4. The first-order chi connectivity index (χ1) is 7.48. The fourth-order valence-corrected chi connectivity index (χ4v) is 4.40. The Hall–Kier alpha value is 0.177. The van der Waals surface area contributed by atoms with Crippen LogP contribution in [0.1, 0.15) is 52.4 Å². The highest BCUT2D eigenvalue weighted by Gasteiger charge is 2.37. The minimum atomic E-state index is -1.35. The second kappa shape index (κ2) is 6.20. The van der Waals surface area contributed by atoms with E-state index in [0.29, 0.717) is 6.10 Å². The molecule has 0 spiro atoms. The van der Waals surface area contributed by atoms with Gasteiger partial charge < -0.3 is 4.43 Å². The van der Waals surface area contributed by atoms with Crippen LogP contribution < -0.4 is 0 Å². The Morgan fingerprint density at radius 3 is 2.12 bits per heavy atom. The van der Waals surface area contributed by atoms with Crippen molar-refractivity contribution in [3.8, 4) is 0 Å². The lowest BCUT2D eigenvalue weighted by Crippen LogP contribution is -2.35. The normalized spacial score (nSPS) is 30.9. The van der Waals surface area contributed by atoms with E-state index in [-0.39, 0.29) is 0 Å². The monoisotopic (exact) mass is 242 g/mol. The standard InChI is InChI=1S/C14H30OSi/c1-6-8-12-10-11-14(13(12)9-7-2)15-16(3,4)5/h12-14H,6-11H2,1-5H3. The third kappa shape index (κ3) is 4.21. The minimum Gasteiger partial charge on any atom is -0.414 e. The van der Waals surface area contributed by atoms with E-state index >= 15 is 0 Å². The molecule has 0 aliphatic heterocycles. The van der Waals surface area contributed by atoms with E-state index in [9.17, 15) is 0 Å². The van der Waals surface area contributed by atoms with E-state index in [0.717, 1.165) is 11.8 Å². The van der Waals surface area contributed by atoms with Gasteiger partial charge in [-0.25, -0.2) is 0 Å². The van der Waals surface area contributed by atoms with Crippen molar-refractivity contribution in [2.75, 3.05) is 0 Å². The van der Waals surface area contributed by atoms with Crippen molar-refractivity contribution in [2.24, 2.45) is 11.8 Å². The van der Waals surface area contributed by atoms with Crippen molar-refractivity contribution in [3.63, 3.8) is 0 Å². The molecule has 3 atom stereocenters. The van der Waals surface area contributed by atoms with Gasteiger partial charge in [0.25, 0.3) is 0 Å². The molecule has 0 aromatic carbocycles. The van der Waals surface area contributed by atoms with Crippen LogP contribution in [0.4, 0.5) is 0 Å². The zero-order valence-corrected chi connectivity index (χ0v) is 12.9. The number of hydrogen-bond donors (Lipinski definition) is 0. The van der Waals surface area contributed by atoms with Gasteiger partial charge in [-0.2, -0.15) is 0 Å². The van der Waals surface area contributed by atoms with Crippen LogP contribution in [0.25, 0.3) is 0 Å². The lowest BCUT2D eigenvalue weighted by Gasteiger charge is -2.30. The van der Waals surface area contributed by atoms with E-state index in [2.05, 4.69) is 33.5 Å². The van der Waals surface area contributed by atoms with Gasteiger partial charge in [-0.15, -0.1) is 0 Å². The topological polar surface area (TPSA) is 9.23 Å². The van der Waals surface area contributed by atoms with Crippen molar-refractivity contribution in [1.29, 1.82) is 0 Å². The van der Waals surface area contributed by atoms with Crippen LogP contribution in [0.2, 0.25) is 19.6 Å². The molecule has 1 rings (SSSR count). The fraction of sp³-hybridized carbons (Fsp3) is 1.00. The SMILES string of the molecule is CCCC1CCC(O[Si](C)(C)C)C1CCC. The average Bonchev–Trinajstić information content (AvgIpc) is 2.49. The molecule has 0 N–H and O–H groups in total. The summed E-state index contributed by atoms with van der Waals surface area (Å²) in [5.74, 6) is 1.81. The maximum atomic E-state index is 6.38. The fourth-order valence-electron chi connectivity index (χ4n) is 3.19. The van der Waals surface area contributed by atoms with Crippen molar-refractivity contribution in [1.82, 2.24) is 0 Å². The number of rotatable bonds is 6. The Kier molecular flexibility index (Phi) is 5.52. The summed E-state index contributed by atoms with van der Waals surface area (Å²) in [6, 6.07) is 0. The van der Waals surface area contributed by atoms with Gasteiger partial charge in [0, 0.05) is 6.10 Å². The molecular weight excluding hydrogens is 212 g/mol. The van der Waals surface area contributed by atoms with Gasteiger partial charge in [-0.05, 0) is 50.7 Å². The molecule has 0 bridgehead atoms. The van der Waals surface area contributed by atoms with Crippen LogP contribution in [0, 0.1) is 11.8 Å². The molecule has 1 aliphatic carbocycles. The molecule has 16 heavy (non-hydrogen) atoms. The van der Waals surface area contributed by atoms with Crippen molar-refractivity contribution in [2.45, 2.75) is 78.1 Å². The molecule has 0 aromatic rings. The molecule has 96 valence electrons. The smallest absolute Gasteiger partial charge is 0.184 e. The predicted molar refractivity (Wildman–Crippen MR) is 74.2 cm³/mol. The first-order valence-corrected chi connectivity index (χ1v) is 10.6. The van der Waals surface area contributed by atoms with E-state index in [1.807, 2.05) is 0 Å². The largest absolute Gasteiger partial charge is 0.414 e. The van der Waals surface area contributed by atoms with Gasteiger partial charge in [-0.3, -0.25) is 0 Å². The minimum absolute atomic E-state index is 0.586. The summed E-state index contributed by atoms with van der Waals surface area (Å²) in [6.07, 6.45) is 8.76. The van der Waals surface area contributed by atoms with E-state index < -0.39 is 8.32 Å². The third-order valence-corrected chi connectivity index (χ3v) is 4.70. The molecular formula is C14H30OSi. The Balaban J connectivity index is 2.56. The van der Waals surface area contributed by atoms with Crippen molar-refractivity contribution < 1.29 is 4.43 Å². The summed E-state index contributed by atoms with van der Waals surface area (Å²) < 4.78 is 6.38. The molecule has 0 saturated heterocycles. The molecule has 1 fully saturated rings. The van der Waals surface area contributed by atoms with Crippen molar-refractivity contribution in [3.05, 3.63) is 0 Å². The predicted octanol–water partition coefficient (Wildman–Crippen LogP) is 4.83. The lowest BCUT2D eigenvalue weighted by molar-refractivity contribution is 0.125. The van der Waals surface area contributed by atoms with Gasteiger partial charge in [0.05, 0.1) is 0 Å². The summed E-state index contributed by atoms with van der Waals surface area (Å²) in [7, 11) is -1.35. The Morgan fingerprint density at radius 2 is 1.62 bits per heavy atom. The van der Waals surface area contributed by atoms with Gasteiger partial charge in [0.1, 0.15) is 0 Å². The highest BCUT2D eigenvalue weighted by Crippen LogP contribution is 2.40. The summed E-state index contributed by atoms with van der Waals surface area (Å²) in [4.78, 5) is 0. The maximum Gasteiger partial charge on any atom is 0.184 e. The van der Waals surface area contributed by atoms with E-state index in [1.54, 1.807) is 0 Å². The molecule has 0 amide bonds. The van der Waals surface area contributed by atoms with Crippen molar-refractivity contribution >= 4 is 8.32 Å². The van der Waals surface area contributed by atoms with E-state index in [1.165, 1.54) is 38.5 Å². The zero-order chi connectivity index (χ0) is 12.2. The Labute approximate surface area is 103 Å². The third-order valence-electron chi connectivity index (χ3n) is 3.69. The summed E-state index contributed by atoms with van der Waals surface area (Å²) in [6.45, 7) is 11.6. The highest BCUT2D eigenvalue weighted by molar-refractivity contribution is 6.69. The summed E-state index contributed by atoms with van der Waals surface area (Å²) in [5, 5.41) is 0. The van der Waals surface area contributed by atoms with Crippen LogP contribution >= 0.6 is 0 Å². The van der Waals surface area contributed by atoms with Crippen LogP contribution in [0.3, 0.4) is 0 Å². The zero-order valence-electron chi connectivity index (χ0n) is 11.9. The molecule has 3 unspecified atom stereocenters. The quantitative estimate of drug-likeness (QED) is 0.606. The van der Waals surface area contributed by atoms with Gasteiger partial charge in [0.15, 0.2) is 8.32 Å². The van der Waals surface area contributed by atoms with Crippen LogP contribution in [0.15, 0.2) is 0 Å². The van der Waals surface area contributed by atoms with Crippen LogP contribution in [-0.2, 0) is 4.43 Å². The number of hydrogen-bond acceptors (Lipinski definition) is 1. The molecule has 2 heteroatoms. The summed E-state index contributed by atoms with van der Waals surface area (Å²) in [5.41, 5.74) is 0. The first kappa shape index (κ1) is 14.2. The second-order valence-corrected chi connectivity index (χ2v) is 10.8. The lowest BCUT2D eigenvalue weighted by atomic mass is 9.87. The maximum absolute atomic E-state index is 6.38. The van der Waals surface area contributed by atoms with Crippen LogP contribution in [0.5, 0.6) is 0 Å². The van der Waals surface area contributed by atoms with Gasteiger partial charge in [0.2, 0.25) is 0 Å². The first-order valence-electron chi connectivity index (χ1n) is 7.15. The molecule has 0 radical (unpaired) electrons. The molecule has 1 saturated carbocycles. The molecule has 0 heterocycles. The van der Waals surface area contributed by atoms with Crippen LogP contribution in [-0.4, -0.2) is 14.4 Å². The Morgan fingerprint density at radius 1 is 1.00 bits per heavy atom. The summed E-state index contributed by atoms with van der Waals surface area (Å²) >= 11 is 0.